The van der Waals surface area contributed by atoms with Crippen LogP contribution in [0, 0.1) is 5.92 Å². The highest BCUT2D eigenvalue weighted by atomic mass is 16.5. The van der Waals surface area contributed by atoms with Crippen LogP contribution < -0.4 is 4.74 Å². The molecule has 0 aromatic heterocycles. The van der Waals surface area contributed by atoms with E-state index in [4.69, 9.17) is 4.74 Å². The van der Waals surface area contributed by atoms with Crippen LogP contribution in [0.5, 0.6) is 5.75 Å². The quantitative estimate of drug-likeness (QED) is 0.277. The van der Waals surface area contributed by atoms with Gasteiger partial charge < -0.3 is 4.74 Å². The Labute approximate surface area is 154 Å². The van der Waals surface area contributed by atoms with Gasteiger partial charge in [0.15, 0.2) is 0 Å². The molecule has 0 heterocycles. The molecular weight excluding hydrogens is 308 g/mol. The number of carbonyl (C=O) groups excluding carboxylic acids is 1. The van der Waals surface area contributed by atoms with Crippen LogP contribution in [0.3, 0.4) is 0 Å². The van der Waals surface area contributed by atoms with Crippen LogP contribution in [0.15, 0.2) is 23.8 Å². The zero-order valence-electron chi connectivity index (χ0n) is 17.1. The molecule has 2 nitrogen and oxygen atoms in total. The molecule has 140 valence electrons. The number of hydrogen-bond donors (Lipinski definition) is 0. The van der Waals surface area contributed by atoms with Crippen molar-refractivity contribution in [3.8, 4) is 5.75 Å². The van der Waals surface area contributed by atoms with Gasteiger partial charge in [0.1, 0.15) is 5.75 Å². The molecule has 2 heteroatoms. The van der Waals surface area contributed by atoms with Crippen LogP contribution in [-0.2, 0) is 24.1 Å². The zero-order valence-corrected chi connectivity index (χ0v) is 17.1. The number of allylic oxidation sites excluding steroid dienone is 2. The van der Waals surface area contributed by atoms with E-state index in [1.807, 2.05) is 0 Å². The standard InChI is InChI=1S/C23H36O2/c1-7-21-15-20(16-22(8-2)23(21)25-19(6)24)14-10-13-18(5)12-9-11-17(3)4/h11,15-16,18H,7-10,12-14H2,1-6H3/t18-/m0/s1. The molecule has 25 heavy (non-hydrogen) atoms. The molecule has 0 unspecified atom stereocenters. The van der Waals surface area contributed by atoms with E-state index in [1.54, 1.807) is 0 Å². The van der Waals surface area contributed by atoms with Crippen molar-refractivity contribution in [2.24, 2.45) is 5.92 Å². The van der Waals surface area contributed by atoms with Gasteiger partial charge in [-0.15, -0.1) is 0 Å². The van der Waals surface area contributed by atoms with E-state index >= 15 is 0 Å². The average Bonchev–Trinajstić information content (AvgIpc) is 2.54. The highest BCUT2D eigenvalue weighted by Gasteiger charge is 2.12. The summed E-state index contributed by atoms with van der Waals surface area (Å²) >= 11 is 0. The summed E-state index contributed by atoms with van der Waals surface area (Å²) in [6, 6.07) is 4.45. The van der Waals surface area contributed by atoms with Crippen LogP contribution in [0.1, 0.15) is 83.9 Å². The number of carbonyl (C=O) groups is 1. The lowest BCUT2D eigenvalue weighted by Crippen LogP contribution is -2.07. The molecule has 0 aliphatic heterocycles. The third-order valence-corrected chi connectivity index (χ3v) is 4.68. The topological polar surface area (TPSA) is 26.3 Å². The van der Waals surface area contributed by atoms with Crippen molar-refractivity contribution in [3.63, 3.8) is 0 Å². The van der Waals surface area contributed by atoms with E-state index in [0.29, 0.717) is 0 Å². The Morgan fingerprint density at radius 1 is 1.08 bits per heavy atom. The largest absolute Gasteiger partial charge is 0.426 e. The molecule has 0 saturated carbocycles. The van der Waals surface area contributed by atoms with Crippen molar-refractivity contribution in [1.29, 1.82) is 0 Å². The third kappa shape index (κ3) is 7.90. The maximum absolute atomic E-state index is 11.4. The number of rotatable bonds is 10. The lowest BCUT2D eigenvalue weighted by Gasteiger charge is -2.15. The van der Waals surface area contributed by atoms with Crippen LogP contribution in [0.4, 0.5) is 0 Å². The summed E-state index contributed by atoms with van der Waals surface area (Å²) in [4.78, 5) is 11.4. The minimum atomic E-state index is -0.234. The summed E-state index contributed by atoms with van der Waals surface area (Å²) in [5, 5.41) is 0. The Morgan fingerprint density at radius 3 is 2.16 bits per heavy atom. The molecule has 0 fully saturated rings. The number of benzene rings is 1. The second kappa shape index (κ2) is 11.1. The van der Waals surface area contributed by atoms with Gasteiger partial charge in [-0.3, -0.25) is 4.79 Å². The molecule has 1 aromatic rings. The molecule has 0 bridgehead atoms. The van der Waals surface area contributed by atoms with Gasteiger partial charge in [0.25, 0.3) is 0 Å². The Balaban J connectivity index is 2.67. The molecule has 0 radical (unpaired) electrons. The number of aryl methyl sites for hydroxylation is 3. The Morgan fingerprint density at radius 2 is 1.68 bits per heavy atom. The van der Waals surface area contributed by atoms with Crippen molar-refractivity contribution in [2.75, 3.05) is 0 Å². The van der Waals surface area contributed by atoms with Gasteiger partial charge in [-0.05, 0) is 75.0 Å². The first-order chi connectivity index (χ1) is 11.9. The summed E-state index contributed by atoms with van der Waals surface area (Å²) in [5.41, 5.74) is 5.10. The summed E-state index contributed by atoms with van der Waals surface area (Å²) in [6.45, 7) is 12.4. The Hall–Kier alpha value is -1.57. The van der Waals surface area contributed by atoms with Crippen molar-refractivity contribution in [3.05, 3.63) is 40.5 Å². The highest BCUT2D eigenvalue weighted by Crippen LogP contribution is 2.28. The second-order valence-corrected chi connectivity index (χ2v) is 7.40. The first-order valence-corrected chi connectivity index (χ1v) is 9.83. The van der Waals surface area contributed by atoms with E-state index in [2.05, 4.69) is 52.8 Å². The lowest BCUT2D eigenvalue weighted by atomic mass is 9.94. The maximum atomic E-state index is 11.4. The zero-order chi connectivity index (χ0) is 18.8. The first kappa shape index (κ1) is 21.5. The fraction of sp³-hybridized carbons (Fsp3) is 0.609. The minimum Gasteiger partial charge on any atom is -0.426 e. The number of esters is 1. The van der Waals surface area contributed by atoms with E-state index < -0.39 is 0 Å². The molecule has 1 aromatic carbocycles. The average molecular weight is 345 g/mol. The summed E-state index contributed by atoms with van der Waals surface area (Å²) in [7, 11) is 0. The molecule has 0 amide bonds. The lowest BCUT2D eigenvalue weighted by molar-refractivity contribution is -0.132. The van der Waals surface area contributed by atoms with Crippen molar-refractivity contribution < 1.29 is 9.53 Å². The SMILES string of the molecule is CCc1cc(CCC[C@@H](C)CCC=C(C)C)cc(CC)c1OC(C)=O. The van der Waals surface area contributed by atoms with Gasteiger partial charge in [-0.25, -0.2) is 0 Å². The highest BCUT2D eigenvalue weighted by molar-refractivity contribution is 5.70. The summed E-state index contributed by atoms with van der Waals surface area (Å²) < 4.78 is 5.48. The van der Waals surface area contributed by atoms with Crippen molar-refractivity contribution >= 4 is 5.97 Å². The maximum Gasteiger partial charge on any atom is 0.308 e. The smallest absolute Gasteiger partial charge is 0.308 e. The molecule has 0 aliphatic carbocycles. The van der Waals surface area contributed by atoms with Crippen molar-refractivity contribution in [1.82, 2.24) is 0 Å². The molecule has 1 atom stereocenters. The van der Waals surface area contributed by atoms with E-state index in [9.17, 15) is 4.79 Å². The van der Waals surface area contributed by atoms with E-state index in [1.165, 1.54) is 43.7 Å². The number of ether oxygens (including phenoxy) is 1. The van der Waals surface area contributed by atoms with Gasteiger partial charge in [0.2, 0.25) is 0 Å². The minimum absolute atomic E-state index is 0.234. The van der Waals surface area contributed by atoms with Crippen LogP contribution in [0.2, 0.25) is 0 Å². The van der Waals surface area contributed by atoms with Gasteiger partial charge >= 0.3 is 5.97 Å². The first-order valence-electron chi connectivity index (χ1n) is 9.83. The van der Waals surface area contributed by atoms with Crippen molar-refractivity contribution in [2.45, 2.75) is 86.5 Å². The van der Waals surface area contributed by atoms with E-state index in [-0.39, 0.29) is 5.97 Å². The molecule has 0 saturated heterocycles. The Kier molecular flexibility index (Phi) is 9.55. The monoisotopic (exact) mass is 344 g/mol. The number of hydrogen-bond acceptors (Lipinski definition) is 2. The normalized spacial score (nSPS) is 11.9. The van der Waals surface area contributed by atoms with Crippen LogP contribution in [0.25, 0.3) is 0 Å². The Bertz CT molecular complexity index is 555. The summed E-state index contributed by atoms with van der Waals surface area (Å²) in [5.74, 6) is 1.32. The fourth-order valence-corrected chi connectivity index (χ4v) is 3.23. The molecule has 0 spiro atoms. The molecule has 1 rings (SSSR count). The second-order valence-electron chi connectivity index (χ2n) is 7.40. The summed E-state index contributed by atoms with van der Waals surface area (Å²) in [6.07, 6.45) is 10.2. The third-order valence-electron chi connectivity index (χ3n) is 4.68. The molecule has 0 N–H and O–H groups in total. The van der Waals surface area contributed by atoms with Gasteiger partial charge in [0, 0.05) is 6.92 Å². The van der Waals surface area contributed by atoms with Crippen LogP contribution >= 0.6 is 0 Å². The van der Waals surface area contributed by atoms with Gasteiger partial charge in [-0.1, -0.05) is 51.0 Å². The van der Waals surface area contributed by atoms with E-state index in [0.717, 1.165) is 42.1 Å². The molecule has 0 aliphatic rings. The predicted octanol–water partition coefficient (Wildman–Crippen LogP) is 6.44. The van der Waals surface area contributed by atoms with Gasteiger partial charge in [-0.2, -0.15) is 0 Å². The predicted molar refractivity (Wildman–Crippen MR) is 107 cm³/mol. The van der Waals surface area contributed by atoms with Gasteiger partial charge in [0.05, 0.1) is 0 Å². The molecular formula is C23H36O2. The fourth-order valence-electron chi connectivity index (χ4n) is 3.23. The van der Waals surface area contributed by atoms with Crippen LogP contribution in [-0.4, -0.2) is 5.97 Å².